The average Bonchev–Trinajstić information content (AvgIpc) is 3.60. The minimum Gasteiger partial charge on any atom is -0.497 e. The van der Waals surface area contributed by atoms with Gasteiger partial charge in [0.2, 0.25) is 19.7 Å². The van der Waals surface area contributed by atoms with E-state index in [0.717, 1.165) is 59.6 Å². The van der Waals surface area contributed by atoms with Crippen LogP contribution < -0.4 is 9.47 Å². The SMILES string of the molecule is COc1ccc(C2(c3ccc(OC)cc3)c3ccccc3-c3ccc([S+](c4ccc(S(=O)(=O)c5ccccc5)cc4)c4ccc(S(=O)(=O)c5ccccc5)cc4)cc32)cc1. The molecule has 0 atom stereocenters. The van der Waals surface area contributed by atoms with E-state index in [1.807, 2.05) is 48.5 Å². The summed E-state index contributed by atoms with van der Waals surface area (Å²) in [6.45, 7) is 0. The van der Waals surface area contributed by atoms with Crippen LogP contribution in [0, 0.1) is 0 Å². The largest absolute Gasteiger partial charge is 0.497 e. The van der Waals surface area contributed by atoms with Crippen LogP contribution in [-0.4, -0.2) is 31.1 Å². The van der Waals surface area contributed by atoms with E-state index in [0.29, 0.717) is 0 Å². The first-order chi connectivity index (χ1) is 29.2. The predicted octanol–water partition coefficient (Wildman–Crippen LogP) is 10.8. The summed E-state index contributed by atoms with van der Waals surface area (Å²) in [5.74, 6) is 1.50. The fourth-order valence-corrected chi connectivity index (χ4v) is 12.9. The van der Waals surface area contributed by atoms with E-state index in [-0.39, 0.29) is 19.6 Å². The molecular weight excluding hydrogens is 805 g/mol. The number of methoxy groups -OCH3 is 2. The molecular formula is C51H39O6S3+. The van der Waals surface area contributed by atoms with E-state index in [4.69, 9.17) is 9.47 Å². The number of hydrogen-bond donors (Lipinski definition) is 0. The van der Waals surface area contributed by atoms with E-state index >= 15 is 0 Å². The summed E-state index contributed by atoms with van der Waals surface area (Å²) < 4.78 is 66.0. The van der Waals surface area contributed by atoms with Gasteiger partial charge in [-0.15, -0.1) is 0 Å². The van der Waals surface area contributed by atoms with Crippen molar-refractivity contribution < 1.29 is 26.3 Å². The summed E-state index contributed by atoms with van der Waals surface area (Å²) in [6.07, 6.45) is 0. The Morgan fingerprint density at radius 1 is 0.383 bits per heavy atom. The molecule has 6 nitrogen and oxygen atoms in total. The summed E-state index contributed by atoms with van der Waals surface area (Å²) >= 11 is 0. The summed E-state index contributed by atoms with van der Waals surface area (Å²) in [6, 6.07) is 62.5. The summed E-state index contributed by atoms with van der Waals surface area (Å²) in [5, 5.41) is 0. The number of hydrogen-bond acceptors (Lipinski definition) is 6. The van der Waals surface area contributed by atoms with Crippen molar-refractivity contribution in [3.63, 3.8) is 0 Å². The molecule has 0 aliphatic heterocycles. The molecule has 9 rings (SSSR count). The molecule has 9 heteroatoms. The molecule has 0 bridgehead atoms. The highest BCUT2D eigenvalue weighted by molar-refractivity contribution is 7.97. The molecule has 0 N–H and O–H groups in total. The molecule has 8 aromatic rings. The van der Waals surface area contributed by atoms with Gasteiger partial charge in [-0.05, 0) is 149 Å². The average molecular weight is 844 g/mol. The van der Waals surface area contributed by atoms with Crippen LogP contribution in [0.1, 0.15) is 22.3 Å². The van der Waals surface area contributed by atoms with E-state index in [1.54, 1.807) is 99.1 Å². The van der Waals surface area contributed by atoms with Crippen molar-refractivity contribution in [3.8, 4) is 22.6 Å². The second-order valence-corrected chi connectivity index (χ2v) is 20.3. The molecule has 0 fully saturated rings. The van der Waals surface area contributed by atoms with Gasteiger partial charge in [0.1, 0.15) is 11.5 Å². The van der Waals surface area contributed by atoms with Crippen molar-refractivity contribution in [2.45, 2.75) is 39.7 Å². The second kappa shape index (κ2) is 15.7. The third-order valence-corrected chi connectivity index (χ3v) is 16.9. The van der Waals surface area contributed by atoms with Crippen LogP contribution >= 0.6 is 0 Å². The predicted molar refractivity (Wildman–Crippen MR) is 236 cm³/mol. The Labute approximate surface area is 353 Å². The van der Waals surface area contributed by atoms with Gasteiger partial charge in [0.25, 0.3) is 0 Å². The highest BCUT2D eigenvalue weighted by Gasteiger charge is 2.47. The fraction of sp³-hybridized carbons (Fsp3) is 0.0588. The number of sulfone groups is 2. The van der Waals surface area contributed by atoms with E-state index in [2.05, 4.69) is 66.7 Å². The third kappa shape index (κ3) is 6.59. The lowest BCUT2D eigenvalue weighted by Crippen LogP contribution is -2.28. The van der Waals surface area contributed by atoms with Crippen molar-refractivity contribution in [1.82, 2.24) is 0 Å². The Morgan fingerprint density at radius 2 is 0.767 bits per heavy atom. The molecule has 0 spiro atoms. The first kappa shape index (κ1) is 39.1. The fourth-order valence-electron chi connectivity index (χ4n) is 8.25. The van der Waals surface area contributed by atoms with Crippen LogP contribution in [0.5, 0.6) is 11.5 Å². The summed E-state index contributed by atoms with van der Waals surface area (Å²) in [7, 11) is -5.03. The van der Waals surface area contributed by atoms with Crippen LogP contribution in [0.25, 0.3) is 11.1 Å². The normalized spacial score (nSPS) is 13.1. The van der Waals surface area contributed by atoms with Crippen molar-refractivity contribution >= 4 is 30.6 Å². The summed E-state index contributed by atoms with van der Waals surface area (Å²) in [4.78, 5) is 3.54. The second-order valence-electron chi connectivity index (χ2n) is 14.3. The zero-order chi connectivity index (χ0) is 41.5. The van der Waals surface area contributed by atoms with Gasteiger partial charge in [-0.1, -0.05) is 84.9 Å². The van der Waals surface area contributed by atoms with Gasteiger partial charge in [-0.2, -0.15) is 0 Å². The molecule has 60 heavy (non-hydrogen) atoms. The van der Waals surface area contributed by atoms with Crippen molar-refractivity contribution in [1.29, 1.82) is 0 Å². The maximum Gasteiger partial charge on any atom is 0.206 e. The third-order valence-electron chi connectivity index (χ3n) is 11.1. The van der Waals surface area contributed by atoms with Gasteiger partial charge in [0, 0.05) is 0 Å². The quantitative estimate of drug-likeness (QED) is 0.121. The molecule has 296 valence electrons. The van der Waals surface area contributed by atoms with E-state index < -0.39 is 36.0 Å². The zero-order valence-electron chi connectivity index (χ0n) is 32.7. The molecule has 1 aliphatic carbocycles. The number of ether oxygens (including phenoxy) is 2. The lowest BCUT2D eigenvalue weighted by molar-refractivity contribution is 0.414. The van der Waals surface area contributed by atoms with Gasteiger partial charge in [0.05, 0.1) is 50.1 Å². The van der Waals surface area contributed by atoms with Crippen LogP contribution in [0.3, 0.4) is 0 Å². The molecule has 0 unspecified atom stereocenters. The molecule has 8 aromatic carbocycles. The lowest BCUT2D eigenvalue weighted by atomic mass is 9.67. The van der Waals surface area contributed by atoms with Gasteiger partial charge < -0.3 is 9.47 Å². The smallest absolute Gasteiger partial charge is 0.206 e. The highest BCUT2D eigenvalue weighted by Crippen LogP contribution is 2.57. The van der Waals surface area contributed by atoms with Crippen LogP contribution in [0.2, 0.25) is 0 Å². The molecule has 0 aromatic heterocycles. The van der Waals surface area contributed by atoms with Crippen molar-refractivity contribution in [2.75, 3.05) is 14.2 Å². The van der Waals surface area contributed by atoms with Gasteiger partial charge in [-0.3, -0.25) is 0 Å². The van der Waals surface area contributed by atoms with Gasteiger partial charge >= 0.3 is 0 Å². The van der Waals surface area contributed by atoms with Crippen LogP contribution in [0.15, 0.2) is 234 Å². The van der Waals surface area contributed by atoms with E-state index in [9.17, 15) is 16.8 Å². The molecule has 0 amide bonds. The minimum absolute atomic E-state index is 0.188. The molecule has 0 heterocycles. The molecule has 0 saturated carbocycles. The zero-order valence-corrected chi connectivity index (χ0v) is 35.2. The topological polar surface area (TPSA) is 86.7 Å². The van der Waals surface area contributed by atoms with Crippen LogP contribution in [-0.2, 0) is 36.0 Å². The Morgan fingerprint density at radius 3 is 1.22 bits per heavy atom. The molecule has 0 radical (unpaired) electrons. The first-order valence-corrected chi connectivity index (χ1v) is 23.4. The minimum atomic E-state index is -3.77. The Hall–Kier alpha value is -6.39. The lowest BCUT2D eigenvalue weighted by Gasteiger charge is -2.34. The van der Waals surface area contributed by atoms with Crippen LogP contribution in [0.4, 0.5) is 0 Å². The Balaban J connectivity index is 1.25. The number of benzene rings is 8. The standard InChI is InChI=1S/C51H39O6S3/c1-56-38-21-17-36(18-22-38)51(37-19-23-39(57-2)24-20-37)49-16-10-9-15-47(49)48-34-29-42(35-50(48)51)58(40-25-30-45(31-26-40)59(52,53)43-11-5-3-6-12-43)41-27-32-46(33-28-41)60(54,55)44-13-7-4-8-14-44/h3-35H,1-2H3/q+1. The molecule has 0 saturated heterocycles. The maximum atomic E-state index is 13.7. The monoisotopic (exact) mass is 843 g/mol. The van der Waals surface area contributed by atoms with E-state index in [1.165, 1.54) is 0 Å². The number of fused-ring (bicyclic) bond motifs is 3. The van der Waals surface area contributed by atoms with Gasteiger partial charge in [0.15, 0.2) is 14.7 Å². The molecule has 1 aliphatic rings. The number of rotatable bonds is 11. The summed E-state index contributed by atoms with van der Waals surface area (Å²) in [5.41, 5.74) is 5.82. The Bertz CT molecular complexity index is 2880. The highest BCUT2D eigenvalue weighted by atomic mass is 32.2. The Kier molecular flexibility index (Phi) is 10.2. The first-order valence-electron chi connectivity index (χ1n) is 19.2. The van der Waals surface area contributed by atoms with Gasteiger partial charge in [-0.25, -0.2) is 16.8 Å². The van der Waals surface area contributed by atoms with Crippen molar-refractivity contribution in [3.05, 3.63) is 222 Å². The van der Waals surface area contributed by atoms with Crippen molar-refractivity contribution in [2.24, 2.45) is 0 Å². The maximum absolute atomic E-state index is 13.7.